The van der Waals surface area contributed by atoms with Crippen LogP contribution in [-0.2, 0) is 4.79 Å². The Balaban J connectivity index is 1.55. The van der Waals surface area contributed by atoms with Gasteiger partial charge in [-0.25, -0.2) is 0 Å². The number of likely N-dealkylation sites (tertiary alicyclic amines) is 1. The summed E-state index contributed by atoms with van der Waals surface area (Å²) >= 11 is 0. The summed E-state index contributed by atoms with van der Waals surface area (Å²) in [6.07, 6.45) is 7.05. The molecular weight excluding hydrogens is 310 g/mol. The molecule has 25 heavy (non-hydrogen) atoms. The van der Waals surface area contributed by atoms with E-state index >= 15 is 0 Å². The molecule has 1 unspecified atom stereocenters. The van der Waals surface area contributed by atoms with Crippen molar-refractivity contribution in [3.63, 3.8) is 0 Å². The van der Waals surface area contributed by atoms with E-state index in [0.717, 1.165) is 45.6 Å². The van der Waals surface area contributed by atoms with Gasteiger partial charge in [0.05, 0.1) is 6.04 Å². The monoisotopic (exact) mass is 341 g/mol. The number of nitrogens with zero attached hydrogens (tertiary/aromatic N) is 3. The lowest BCUT2D eigenvalue weighted by atomic mass is 9.92. The summed E-state index contributed by atoms with van der Waals surface area (Å²) in [5, 5.41) is 0. The Morgan fingerprint density at radius 2 is 1.64 bits per heavy atom. The molecule has 1 aliphatic carbocycles. The summed E-state index contributed by atoms with van der Waals surface area (Å²) in [6, 6.07) is 11.0. The number of benzene rings is 1. The van der Waals surface area contributed by atoms with Gasteiger partial charge in [0.1, 0.15) is 5.54 Å². The first kappa shape index (κ1) is 17.0. The van der Waals surface area contributed by atoms with Crippen molar-refractivity contribution < 1.29 is 4.79 Å². The highest BCUT2D eigenvalue weighted by Gasteiger charge is 2.49. The number of hydrogen-bond donors (Lipinski definition) is 0. The maximum atomic E-state index is 13.7. The fraction of sp³-hybridized carbons (Fsp3) is 0.667. The normalized spacial score (nSPS) is 27.7. The van der Waals surface area contributed by atoms with E-state index in [1.165, 1.54) is 31.2 Å². The third-order valence-electron chi connectivity index (χ3n) is 6.66. The second-order valence-corrected chi connectivity index (χ2v) is 8.09. The zero-order valence-electron chi connectivity index (χ0n) is 15.5. The fourth-order valence-corrected chi connectivity index (χ4v) is 5.16. The molecule has 136 valence electrons. The molecule has 1 amide bonds. The van der Waals surface area contributed by atoms with Gasteiger partial charge in [0.15, 0.2) is 0 Å². The van der Waals surface area contributed by atoms with Gasteiger partial charge < -0.3 is 4.90 Å². The minimum Gasteiger partial charge on any atom is -0.338 e. The summed E-state index contributed by atoms with van der Waals surface area (Å²) in [7, 11) is 2.19. The van der Waals surface area contributed by atoms with Crippen LogP contribution in [0.15, 0.2) is 30.3 Å². The first-order chi connectivity index (χ1) is 12.2. The zero-order valence-corrected chi connectivity index (χ0v) is 15.5. The minimum atomic E-state index is -0.187. The van der Waals surface area contributed by atoms with Crippen LogP contribution in [0.25, 0.3) is 0 Å². The van der Waals surface area contributed by atoms with Crippen molar-refractivity contribution in [2.24, 2.45) is 0 Å². The van der Waals surface area contributed by atoms with Crippen molar-refractivity contribution in [2.75, 3.05) is 39.8 Å². The van der Waals surface area contributed by atoms with Crippen molar-refractivity contribution >= 4 is 5.91 Å². The van der Waals surface area contributed by atoms with Gasteiger partial charge in [0, 0.05) is 19.6 Å². The van der Waals surface area contributed by atoms with Gasteiger partial charge in [-0.2, -0.15) is 0 Å². The Kier molecular flexibility index (Phi) is 4.83. The molecule has 2 heterocycles. The average molecular weight is 341 g/mol. The molecule has 0 radical (unpaired) electrons. The van der Waals surface area contributed by atoms with Gasteiger partial charge in [-0.15, -0.1) is 0 Å². The second kappa shape index (κ2) is 7.08. The Hall–Kier alpha value is -1.39. The SMILES string of the molecule is CN1CCN(C(=O)C2(N3CCCC3)CCCC2)CC1c1ccccc1. The van der Waals surface area contributed by atoms with Crippen LogP contribution < -0.4 is 0 Å². The van der Waals surface area contributed by atoms with Crippen LogP contribution in [0.2, 0.25) is 0 Å². The van der Waals surface area contributed by atoms with E-state index < -0.39 is 0 Å². The van der Waals surface area contributed by atoms with Crippen molar-refractivity contribution in [3.05, 3.63) is 35.9 Å². The lowest BCUT2D eigenvalue weighted by Crippen LogP contribution is -2.60. The molecule has 1 saturated carbocycles. The maximum Gasteiger partial charge on any atom is 0.243 e. The van der Waals surface area contributed by atoms with Crippen LogP contribution in [0.4, 0.5) is 0 Å². The van der Waals surface area contributed by atoms with Crippen molar-refractivity contribution in [1.29, 1.82) is 0 Å². The van der Waals surface area contributed by atoms with Gasteiger partial charge in [-0.05, 0) is 51.4 Å². The predicted molar refractivity (Wildman–Crippen MR) is 100 cm³/mol. The molecule has 1 aromatic carbocycles. The quantitative estimate of drug-likeness (QED) is 0.846. The average Bonchev–Trinajstić information content (AvgIpc) is 3.34. The predicted octanol–water partition coefficient (Wildman–Crippen LogP) is 2.91. The van der Waals surface area contributed by atoms with Crippen molar-refractivity contribution in [1.82, 2.24) is 14.7 Å². The first-order valence-electron chi connectivity index (χ1n) is 10.0. The van der Waals surface area contributed by atoms with Crippen LogP contribution in [0.3, 0.4) is 0 Å². The van der Waals surface area contributed by atoms with Gasteiger partial charge >= 0.3 is 0 Å². The number of carbonyl (C=O) groups excluding carboxylic acids is 1. The first-order valence-corrected chi connectivity index (χ1v) is 10.0. The standard InChI is InChI=1S/C21H31N3O/c1-22-15-16-23(17-19(22)18-9-3-2-4-10-18)20(25)21(11-5-6-12-21)24-13-7-8-14-24/h2-4,9-10,19H,5-8,11-17H2,1H3. The Labute approximate surface area is 151 Å². The van der Waals surface area contributed by atoms with E-state index in [-0.39, 0.29) is 5.54 Å². The van der Waals surface area contributed by atoms with Crippen LogP contribution >= 0.6 is 0 Å². The number of likely N-dealkylation sites (N-methyl/N-ethyl adjacent to an activating group) is 1. The summed E-state index contributed by atoms with van der Waals surface area (Å²) in [4.78, 5) is 20.8. The third kappa shape index (κ3) is 3.11. The molecular formula is C21H31N3O. The molecule has 0 N–H and O–H groups in total. The van der Waals surface area contributed by atoms with Gasteiger partial charge in [-0.1, -0.05) is 43.2 Å². The molecule has 0 bridgehead atoms. The third-order valence-corrected chi connectivity index (χ3v) is 6.66. The molecule has 1 aromatic rings. The van der Waals surface area contributed by atoms with Crippen LogP contribution in [0.1, 0.15) is 50.1 Å². The van der Waals surface area contributed by atoms with E-state index in [1.807, 2.05) is 0 Å². The van der Waals surface area contributed by atoms with Crippen LogP contribution in [0, 0.1) is 0 Å². The highest BCUT2D eigenvalue weighted by molar-refractivity contribution is 5.87. The van der Waals surface area contributed by atoms with E-state index in [9.17, 15) is 4.79 Å². The van der Waals surface area contributed by atoms with Gasteiger partial charge in [-0.3, -0.25) is 14.6 Å². The fourth-order valence-electron chi connectivity index (χ4n) is 5.16. The molecule has 2 aliphatic heterocycles. The topological polar surface area (TPSA) is 26.8 Å². The molecule has 3 aliphatic rings. The largest absolute Gasteiger partial charge is 0.338 e. The number of rotatable bonds is 3. The highest BCUT2D eigenvalue weighted by atomic mass is 16.2. The van der Waals surface area contributed by atoms with E-state index in [4.69, 9.17) is 0 Å². The lowest BCUT2D eigenvalue weighted by molar-refractivity contribution is -0.147. The van der Waals surface area contributed by atoms with E-state index in [2.05, 4.69) is 52.1 Å². The molecule has 1 atom stereocenters. The number of carbonyl (C=O) groups is 1. The maximum absolute atomic E-state index is 13.7. The van der Waals surface area contributed by atoms with Crippen molar-refractivity contribution in [3.8, 4) is 0 Å². The zero-order chi connectivity index (χ0) is 17.3. The summed E-state index contributed by atoms with van der Waals surface area (Å²) < 4.78 is 0. The summed E-state index contributed by atoms with van der Waals surface area (Å²) in [5.74, 6) is 0.418. The Bertz CT molecular complexity index is 590. The molecule has 4 nitrogen and oxygen atoms in total. The molecule has 3 fully saturated rings. The number of hydrogen-bond acceptors (Lipinski definition) is 3. The Morgan fingerprint density at radius 1 is 0.960 bits per heavy atom. The van der Waals surface area contributed by atoms with Crippen LogP contribution in [0.5, 0.6) is 0 Å². The van der Waals surface area contributed by atoms with E-state index in [1.54, 1.807) is 0 Å². The van der Waals surface area contributed by atoms with Crippen molar-refractivity contribution in [2.45, 2.75) is 50.1 Å². The molecule has 2 saturated heterocycles. The van der Waals surface area contributed by atoms with E-state index in [0.29, 0.717) is 11.9 Å². The second-order valence-electron chi connectivity index (χ2n) is 8.09. The molecule has 0 spiro atoms. The minimum absolute atomic E-state index is 0.187. The highest BCUT2D eigenvalue weighted by Crippen LogP contribution is 2.40. The smallest absolute Gasteiger partial charge is 0.243 e. The number of piperazine rings is 1. The summed E-state index contributed by atoms with van der Waals surface area (Å²) in [5.41, 5.74) is 1.14. The Morgan fingerprint density at radius 3 is 2.32 bits per heavy atom. The van der Waals surface area contributed by atoms with Crippen LogP contribution in [-0.4, -0.2) is 65.9 Å². The number of amides is 1. The molecule has 4 rings (SSSR count). The molecule has 0 aromatic heterocycles. The summed E-state index contributed by atoms with van der Waals surface area (Å²) in [6.45, 7) is 4.88. The molecule has 4 heteroatoms. The lowest BCUT2D eigenvalue weighted by Gasteiger charge is -2.45. The van der Waals surface area contributed by atoms with Gasteiger partial charge in [0.25, 0.3) is 0 Å². The van der Waals surface area contributed by atoms with Gasteiger partial charge in [0.2, 0.25) is 5.91 Å².